The minimum atomic E-state index is 0.226. The second-order valence-corrected chi connectivity index (χ2v) is 7.45. The van der Waals surface area contributed by atoms with Crippen LogP contribution in [0.3, 0.4) is 0 Å². The zero-order valence-electron chi connectivity index (χ0n) is 12.9. The van der Waals surface area contributed by atoms with Gasteiger partial charge in [0.15, 0.2) is 0 Å². The minimum absolute atomic E-state index is 0.226. The Morgan fingerprint density at radius 2 is 2.27 bits per heavy atom. The van der Waals surface area contributed by atoms with Crippen molar-refractivity contribution in [2.45, 2.75) is 35.9 Å². The number of rotatable bonds is 4. The van der Waals surface area contributed by atoms with Crippen molar-refractivity contribution in [1.82, 2.24) is 9.88 Å². The number of alkyl halides is 1. The minimum Gasteiger partial charge on any atom is -0.380 e. The van der Waals surface area contributed by atoms with E-state index in [-0.39, 0.29) is 6.04 Å². The smallest absolute Gasteiger partial charge is 0.0823 e. The van der Waals surface area contributed by atoms with E-state index in [2.05, 4.69) is 69.0 Å². The van der Waals surface area contributed by atoms with Crippen molar-refractivity contribution in [3.8, 4) is 0 Å². The van der Waals surface area contributed by atoms with Gasteiger partial charge in [-0.25, -0.2) is 0 Å². The number of nitrogens with two attached hydrogens (primary N) is 1. The highest BCUT2D eigenvalue weighted by Crippen LogP contribution is 2.27. The molecule has 0 bridgehead atoms. The van der Waals surface area contributed by atoms with E-state index in [4.69, 9.17) is 5.73 Å². The largest absolute Gasteiger partial charge is 0.380 e. The van der Waals surface area contributed by atoms with E-state index in [0.29, 0.717) is 10.1 Å². The van der Waals surface area contributed by atoms with Gasteiger partial charge in [0.25, 0.3) is 0 Å². The third kappa shape index (κ3) is 3.70. The molecule has 1 saturated heterocycles. The Bertz CT molecular complexity index is 631. The second kappa shape index (κ2) is 7.10. The Hall–Kier alpha value is -0.920. The molecule has 0 spiro atoms. The normalized spacial score (nSPS) is 24.3. The van der Waals surface area contributed by atoms with Crippen LogP contribution in [-0.2, 0) is 0 Å². The van der Waals surface area contributed by atoms with E-state index in [1.165, 1.54) is 29.3 Å². The van der Waals surface area contributed by atoms with Crippen LogP contribution in [0.1, 0.15) is 19.8 Å². The monoisotopic (exact) mass is 410 g/mol. The van der Waals surface area contributed by atoms with Crippen LogP contribution in [0.4, 0.5) is 5.69 Å². The zero-order valence-corrected chi connectivity index (χ0v) is 15.0. The first-order valence-corrected chi connectivity index (χ1v) is 9.12. The summed E-state index contributed by atoms with van der Waals surface area (Å²) in [5.74, 6) is 0. The first-order chi connectivity index (χ1) is 10.6. The Kier molecular flexibility index (Phi) is 5.15. The first-order valence-electron chi connectivity index (χ1n) is 7.87. The number of likely N-dealkylation sites (tertiary alicyclic amines) is 1. The molecule has 0 saturated carbocycles. The predicted octanol–water partition coefficient (Wildman–Crippen LogP) is 3.22. The van der Waals surface area contributed by atoms with Crippen molar-refractivity contribution in [3.05, 3.63) is 36.7 Å². The van der Waals surface area contributed by atoms with Crippen LogP contribution >= 0.6 is 22.6 Å². The lowest BCUT2D eigenvalue weighted by atomic mass is 10.0. The van der Waals surface area contributed by atoms with Gasteiger partial charge in [0.05, 0.1) is 10.1 Å². The Labute approximate surface area is 145 Å². The molecular formula is C17H23IN4. The number of aromatic nitrogens is 1. The molecule has 118 valence electrons. The summed E-state index contributed by atoms with van der Waals surface area (Å²) in [5.41, 5.74) is 7.16. The predicted molar refractivity (Wildman–Crippen MR) is 101 cm³/mol. The number of piperidine rings is 1. The van der Waals surface area contributed by atoms with Gasteiger partial charge in [-0.1, -0.05) is 28.7 Å². The van der Waals surface area contributed by atoms with E-state index in [1.54, 1.807) is 0 Å². The molecule has 1 aliphatic rings. The molecule has 3 N–H and O–H groups in total. The molecule has 1 aromatic heterocycles. The van der Waals surface area contributed by atoms with E-state index < -0.39 is 0 Å². The molecule has 3 unspecified atom stereocenters. The van der Waals surface area contributed by atoms with E-state index in [9.17, 15) is 0 Å². The van der Waals surface area contributed by atoms with Gasteiger partial charge in [-0.3, -0.25) is 9.88 Å². The second-order valence-electron chi connectivity index (χ2n) is 6.18. The number of nitrogens with zero attached hydrogens (tertiary/aromatic N) is 2. The van der Waals surface area contributed by atoms with Gasteiger partial charge in [-0.2, -0.15) is 0 Å². The molecule has 22 heavy (non-hydrogen) atoms. The molecule has 3 rings (SSSR count). The molecule has 3 atom stereocenters. The van der Waals surface area contributed by atoms with Crippen molar-refractivity contribution in [1.29, 1.82) is 0 Å². The quantitative estimate of drug-likeness (QED) is 0.462. The molecule has 1 aromatic carbocycles. The van der Waals surface area contributed by atoms with Crippen molar-refractivity contribution in [3.63, 3.8) is 0 Å². The van der Waals surface area contributed by atoms with Crippen LogP contribution in [0.15, 0.2) is 36.7 Å². The van der Waals surface area contributed by atoms with Gasteiger partial charge in [-0.15, -0.1) is 0 Å². The summed E-state index contributed by atoms with van der Waals surface area (Å²) in [5, 5.41) is 6.13. The average Bonchev–Trinajstić information content (AvgIpc) is 2.51. The fourth-order valence-corrected chi connectivity index (χ4v) is 4.16. The maximum atomic E-state index is 5.97. The molecule has 2 aromatic rings. The molecule has 0 radical (unpaired) electrons. The zero-order chi connectivity index (χ0) is 15.5. The lowest BCUT2D eigenvalue weighted by Gasteiger charge is -2.39. The summed E-state index contributed by atoms with van der Waals surface area (Å²) >= 11 is 2.56. The first kappa shape index (κ1) is 16.0. The van der Waals surface area contributed by atoms with Gasteiger partial charge in [0.2, 0.25) is 0 Å². The van der Waals surface area contributed by atoms with Crippen LogP contribution in [0.5, 0.6) is 0 Å². The molecule has 0 amide bonds. The Balaban J connectivity index is 1.72. The van der Waals surface area contributed by atoms with Gasteiger partial charge in [-0.05, 0) is 49.9 Å². The Morgan fingerprint density at radius 1 is 1.41 bits per heavy atom. The third-order valence-electron chi connectivity index (χ3n) is 4.16. The molecule has 2 heterocycles. The average molecular weight is 410 g/mol. The number of pyridine rings is 1. The van der Waals surface area contributed by atoms with Crippen LogP contribution in [0, 0.1) is 0 Å². The number of hydrogen-bond acceptors (Lipinski definition) is 4. The SMILES string of the molecule is CC(N)CN1CCCC(Nc2ccc3cnccc3c2)C1I. The van der Waals surface area contributed by atoms with Gasteiger partial charge in [0, 0.05) is 36.1 Å². The summed E-state index contributed by atoms with van der Waals surface area (Å²) < 4.78 is 0.477. The molecule has 0 aliphatic carbocycles. The topological polar surface area (TPSA) is 54.2 Å². The number of anilines is 1. The summed E-state index contributed by atoms with van der Waals surface area (Å²) in [4.78, 5) is 6.67. The fourth-order valence-electron chi connectivity index (χ4n) is 3.12. The standard InChI is InChI=1S/C17H23IN4/c1-12(19)11-22-8-2-3-16(17(22)18)21-15-5-4-14-10-20-7-6-13(14)9-15/h4-7,9-10,12,16-17,21H,2-3,8,11,19H2,1H3. The Morgan fingerprint density at radius 3 is 3.09 bits per heavy atom. The highest BCUT2D eigenvalue weighted by atomic mass is 127. The summed E-state index contributed by atoms with van der Waals surface area (Å²) in [6.45, 7) is 4.20. The molecule has 4 nitrogen and oxygen atoms in total. The van der Waals surface area contributed by atoms with E-state index in [0.717, 1.165) is 13.1 Å². The highest BCUT2D eigenvalue weighted by Gasteiger charge is 2.29. The van der Waals surface area contributed by atoms with Gasteiger partial charge in [0.1, 0.15) is 0 Å². The highest BCUT2D eigenvalue weighted by molar-refractivity contribution is 14.1. The van der Waals surface area contributed by atoms with Crippen LogP contribution in [0.2, 0.25) is 0 Å². The maximum Gasteiger partial charge on any atom is 0.0823 e. The van der Waals surface area contributed by atoms with Crippen molar-refractivity contribution in [2.75, 3.05) is 18.4 Å². The number of benzene rings is 1. The van der Waals surface area contributed by atoms with Gasteiger partial charge >= 0.3 is 0 Å². The van der Waals surface area contributed by atoms with Crippen LogP contribution in [-0.4, -0.2) is 39.1 Å². The number of halogens is 1. The summed E-state index contributed by atoms with van der Waals surface area (Å²) in [7, 11) is 0. The number of hydrogen-bond donors (Lipinski definition) is 2. The lowest BCUT2D eigenvalue weighted by Crippen LogP contribution is -2.50. The van der Waals surface area contributed by atoms with Crippen molar-refractivity contribution in [2.24, 2.45) is 5.73 Å². The molecular weight excluding hydrogens is 387 g/mol. The maximum absolute atomic E-state index is 5.97. The van der Waals surface area contributed by atoms with Crippen LogP contribution < -0.4 is 11.1 Å². The summed E-state index contributed by atoms with van der Waals surface area (Å²) in [6.07, 6.45) is 6.18. The van der Waals surface area contributed by atoms with Crippen molar-refractivity contribution >= 4 is 39.1 Å². The molecule has 1 aliphatic heterocycles. The van der Waals surface area contributed by atoms with Crippen molar-refractivity contribution < 1.29 is 0 Å². The molecule has 5 heteroatoms. The van der Waals surface area contributed by atoms with E-state index >= 15 is 0 Å². The number of nitrogens with one attached hydrogen (secondary N) is 1. The number of fused-ring (bicyclic) bond motifs is 1. The fraction of sp³-hybridized carbons (Fsp3) is 0.471. The lowest BCUT2D eigenvalue weighted by molar-refractivity contribution is 0.195. The summed E-state index contributed by atoms with van der Waals surface area (Å²) in [6, 6.07) is 9.25. The van der Waals surface area contributed by atoms with Gasteiger partial charge < -0.3 is 11.1 Å². The van der Waals surface area contributed by atoms with Crippen LogP contribution in [0.25, 0.3) is 10.8 Å². The molecule has 1 fully saturated rings. The van der Waals surface area contributed by atoms with E-state index in [1.807, 2.05) is 12.4 Å². The third-order valence-corrected chi connectivity index (χ3v) is 5.81.